The fourth-order valence-corrected chi connectivity index (χ4v) is 2.26. The minimum atomic E-state index is -0.0855. The number of hydrogen-bond acceptors (Lipinski definition) is 4. The summed E-state index contributed by atoms with van der Waals surface area (Å²) >= 11 is 5.37. The molecule has 0 aromatic rings. The van der Waals surface area contributed by atoms with Gasteiger partial charge in [0.05, 0.1) is 11.3 Å². The van der Waals surface area contributed by atoms with E-state index in [9.17, 15) is 9.90 Å². The Morgan fingerprint density at radius 1 is 1.60 bits per heavy atom. The second-order valence-corrected chi connectivity index (χ2v) is 4.84. The summed E-state index contributed by atoms with van der Waals surface area (Å²) in [5.41, 5.74) is 2.12. The van der Waals surface area contributed by atoms with Gasteiger partial charge in [-0.15, -0.1) is 6.58 Å². The standard InChI is InChI=1S/C15H20ClNO3/c1-3-6-11-9-13(18)15(14(19)10-11)12(4-2)17-20-8-5-7-16/h3,5,7,11,18H,1,4,6,8-10H2,2H3/b7-5+,17-12-/t11-/m0/s1. The Bertz CT molecular complexity index is 452. The SMILES string of the molecule is C=CC[C@@H]1CC(=O)C(/C(CC)=N\OC/C=C/Cl)=C(O)C1. The fourth-order valence-electron chi connectivity index (χ4n) is 2.18. The van der Waals surface area contributed by atoms with E-state index in [1.807, 2.05) is 6.92 Å². The number of Topliss-reactive ketones (excluding diaryl/α,β-unsaturated/α-hetero) is 1. The van der Waals surface area contributed by atoms with Crippen molar-refractivity contribution in [1.29, 1.82) is 0 Å². The first kappa shape index (κ1) is 16.5. The predicted molar refractivity (Wildman–Crippen MR) is 80.9 cm³/mol. The van der Waals surface area contributed by atoms with Crippen LogP contribution in [-0.4, -0.2) is 23.2 Å². The van der Waals surface area contributed by atoms with Gasteiger partial charge in [0.1, 0.15) is 12.4 Å². The fraction of sp³-hybridized carbons (Fsp3) is 0.467. The smallest absolute Gasteiger partial charge is 0.168 e. The molecule has 0 aromatic heterocycles. The molecule has 1 atom stereocenters. The zero-order valence-corrected chi connectivity index (χ0v) is 12.4. The van der Waals surface area contributed by atoms with Gasteiger partial charge in [-0.1, -0.05) is 29.8 Å². The monoisotopic (exact) mass is 297 g/mol. The van der Waals surface area contributed by atoms with Crippen LogP contribution in [0.25, 0.3) is 0 Å². The summed E-state index contributed by atoms with van der Waals surface area (Å²) in [5, 5.41) is 14.0. The Morgan fingerprint density at radius 3 is 2.90 bits per heavy atom. The molecule has 0 aromatic carbocycles. The van der Waals surface area contributed by atoms with E-state index in [0.717, 1.165) is 6.42 Å². The molecule has 0 fully saturated rings. The van der Waals surface area contributed by atoms with Crippen LogP contribution in [0.15, 0.2) is 40.8 Å². The molecule has 0 amide bonds. The molecule has 110 valence electrons. The average molecular weight is 298 g/mol. The highest BCUT2D eigenvalue weighted by Gasteiger charge is 2.29. The summed E-state index contributed by atoms with van der Waals surface area (Å²) < 4.78 is 0. The number of aliphatic hydroxyl groups is 1. The van der Waals surface area contributed by atoms with E-state index in [0.29, 0.717) is 30.5 Å². The van der Waals surface area contributed by atoms with Crippen molar-refractivity contribution in [3.05, 3.63) is 35.6 Å². The molecule has 0 aliphatic heterocycles. The Labute approximate surface area is 124 Å². The summed E-state index contributed by atoms with van der Waals surface area (Å²) in [7, 11) is 0. The van der Waals surface area contributed by atoms with Crippen LogP contribution in [0.2, 0.25) is 0 Å². The number of ketones is 1. The van der Waals surface area contributed by atoms with E-state index < -0.39 is 0 Å². The van der Waals surface area contributed by atoms with Crippen LogP contribution < -0.4 is 0 Å². The molecule has 1 N–H and O–H groups in total. The number of hydrogen-bond donors (Lipinski definition) is 1. The molecule has 0 spiro atoms. The molecule has 0 unspecified atom stereocenters. The Balaban J connectivity index is 2.87. The van der Waals surface area contributed by atoms with E-state index in [4.69, 9.17) is 16.4 Å². The van der Waals surface area contributed by atoms with Crippen molar-refractivity contribution in [3.8, 4) is 0 Å². The summed E-state index contributed by atoms with van der Waals surface area (Å²) in [6, 6.07) is 0. The highest BCUT2D eigenvalue weighted by molar-refractivity contribution is 6.25. The third kappa shape index (κ3) is 4.53. The molecule has 20 heavy (non-hydrogen) atoms. The van der Waals surface area contributed by atoms with Gasteiger partial charge in [-0.2, -0.15) is 0 Å². The quantitative estimate of drug-likeness (QED) is 0.336. The van der Waals surface area contributed by atoms with Crippen molar-refractivity contribution in [2.24, 2.45) is 11.1 Å². The van der Waals surface area contributed by atoms with Gasteiger partial charge in [0.2, 0.25) is 0 Å². The largest absolute Gasteiger partial charge is 0.511 e. The van der Waals surface area contributed by atoms with Gasteiger partial charge in [0.25, 0.3) is 0 Å². The molecular weight excluding hydrogens is 278 g/mol. The maximum absolute atomic E-state index is 12.2. The van der Waals surface area contributed by atoms with Gasteiger partial charge in [0, 0.05) is 18.4 Å². The van der Waals surface area contributed by atoms with Crippen LogP contribution >= 0.6 is 11.6 Å². The maximum atomic E-state index is 12.2. The van der Waals surface area contributed by atoms with E-state index in [1.54, 1.807) is 12.2 Å². The number of nitrogens with zero attached hydrogens (tertiary/aromatic N) is 1. The van der Waals surface area contributed by atoms with Gasteiger partial charge < -0.3 is 9.94 Å². The van der Waals surface area contributed by atoms with Gasteiger partial charge in [0.15, 0.2) is 5.78 Å². The van der Waals surface area contributed by atoms with E-state index in [-0.39, 0.29) is 24.1 Å². The minimum Gasteiger partial charge on any atom is -0.511 e. The number of rotatable bonds is 7. The molecule has 0 saturated carbocycles. The average Bonchev–Trinajstić information content (AvgIpc) is 2.41. The van der Waals surface area contributed by atoms with Crippen LogP contribution in [0.1, 0.15) is 32.6 Å². The van der Waals surface area contributed by atoms with E-state index >= 15 is 0 Å². The number of oxime groups is 1. The van der Waals surface area contributed by atoms with Crippen LogP contribution in [0.5, 0.6) is 0 Å². The first-order chi connectivity index (χ1) is 9.63. The number of aliphatic hydroxyl groups excluding tert-OH is 1. The molecule has 0 bridgehead atoms. The lowest BCUT2D eigenvalue weighted by Crippen LogP contribution is -2.24. The first-order valence-corrected chi connectivity index (χ1v) is 7.08. The van der Waals surface area contributed by atoms with Crippen LogP contribution in [-0.2, 0) is 9.63 Å². The molecule has 1 aliphatic carbocycles. The predicted octanol–water partition coefficient (Wildman–Crippen LogP) is 3.89. The van der Waals surface area contributed by atoms with Gasteiger partial charge in [-0.05, 0) is 24.8 Å². The molecule has 5 heteroatoms. The molecule has 1 aliphatic rings. The lowest BCUT2D eigenvalue weighted by Gasteiger charge is -2.22. The second-order valence-electron chi connectivity index (χ2n) is 4.59. The van der Waals surface area contributed by atoms with E-state index in [1.165, 1.54) is 5.54 Å². The minimum absolute atomic E-state index is 0.0855. The molecule has 4 nitrogen and oxygen atoms in total. The van der Waals surface area contributed by atoms with Crippen molar-refractivity contribution in [3.63, 3.8) is 0 Å². The zero-order chi connectivity index (χ0) is 15.0. The third-order valence-corrected chi connectivity index (χ3v) is 3.26. The van der Waals surface area contributed by atoms with Gasteiger partial charge >= 0.3 is 0 Å². The van der Waals surface area contributed by atoms with Crippen molar-refractivity contribution in [2.75, 3.05) is 6.61 Å². The Kier molecular flexibility index (Phi) is 7.09. The van der Waals surface area contributed by atoms with Gasteiger partial charge in [-0.3, -0.25) is 4.79 Å². The molecule has 0 heterocycles. The maximum Gasteiger partial charge on any atom is 0.168 e. The highest BCUT2D eigenvalue weighted by Crippen LogP contribution is 2.29. The Morgan fingerprint density at radius 2 is 2.35 bits per heavy atom. The lowest BCUT2D eigenvalue weighted by molar-refractivity contribution is -0.116. The molecule has 0 radical (unpaired) electrons. The highest BCUT2D eigenvalue weighted by atomic mass is 35.5. The zero-order valence-electron chi connectivity index (χ0n) is 11.6. The molecule has 0 saturated heterocycles. The van der Waals surface area contributed by atoms with Crippen LogP contribution in [0.4, 0.5) is 0 Å². The first-order valence-electron chi connectivity index (χ1n) is 6.64. The van der Waals surface area contributed by atoms with Gasteiger partial charge in [-0.25, -0.2) is 0 Å². The third-order valence-electron chi connectivity index (χ3n) is 3.08. The summed E-state index contributed by atoms with van der Waals surface area (Å²) in [6.45, 7) is 5.76. The molecule has 1 rings (SSSR count). The van der Waals surface area contributed by atoms with Crippen molar-refractivity contribution in [2.45, 2.75) is 32.6 Å². The number of allylic oxidation sites excluding steroid dienone is 3. The van der Waals surface area contributed by atoms with Crippen molar-refractivity contribution < 1.29 is 14.7 Å². The number of halogens is 1. The normalized spacial score (nSPS) is 20.6. The van der Waals surface area contributed by atoms with Crippen LogP contribution in [0, 0.1) is 5.92 Å². The molecular formula is C15H20ClNO3. The topological polar surface area (TPSA) is 58.9 Å². The van der Waals surface area contributed by atoms with Crippen molar-refractivity contribution in [1.82, 2.24) is 0 Å². The lowest BCUT2D eigenvalue weighted by atomic mass is 9.83. The number of carbonyl (C=O) groups excluding carboxylic acids is 1. The van der Waals surface area contributed by atoms with E-state index in [2.05, 4.69) is 11.7 Å². The van der Waals surface area contributed by atoms with Crippen molar-refractivity contribution >= 4 is 23.1 Å². The van der Waals surface area contributed by atoms with Crippen LogP contribution in [0.3, 0.4) is 0 Å². The summed E-state index contributed by atoms with van der Waals surface area (Å²) in [4.78, 5) is 17.2. The number of carbonyl (C=O) groups is 1. The summed E-state index contributed by atoms with van der Waals surface area (Å²) in [5.74, 6) is 0.143. The second kappa shape index (κ2) is 8.59. The Hall–Kier alpha value is -1.55. The summed E-state index contributed by atoms with van der Waals surface area (Å²) in [6.07, 6.45) is 5.49.